The summed E-state index contributed by atoms with van der Waals surface area (Å²) < 4.78 is 29.2. The van der Waals surface area contributed by atoms with Gasteiger partial charge in [0.2, 0.25) is 0 Å². The molecule has 5 nitrogen and oxygen atoms in total. The van der Waals surface area contributed by atoms with Gasteiger partial charge >= 0.3 is 0 Å². The quantitative estimate of drug-likeness (QED) is 0.913. The molecule has 0 fully saturated rings. The molecule has 0 saturated carbocycles. The number of aryl methyl sites for hydroxylation is 1. The van der Waals surface area contributed by atoms with Crippen LogP contribution in [0.5, 0.6) is 0 Å². The molecule has 0 bridgehead atoms. The molecular formula is C13H17F2N5. The van der Waals surface area contributed by atoms with Gasteiger partial charge in [-0.2, -0.15) is 4.68 Å². The first kappa shape index (κ1) is 14.5. The third-order valence-corrected chi connectivity index (χ3v) is 3.05. The van der Waals surface area contributed by atoms with E-state index in [0.29, 0.717) is 11.4 Å². The van der Waals surface area contributed by atoms with Crippen molar-refractivity contribution in [1.82, 2.24) is 25.5 Å². The number of hydrogen-bond donors (Lipinski definition) is 1. The zero-order valence-corrected chi connectivity index (χ0v) is 11.7. The van der Waals surface area contributed by atoms with Crippen molar-refractivity contribution in [1.29, 1.82) is 0 Å². The van der Waals surface area contributed by atoms with E-state index < -0.39 is 11.6 Å². The summed E-state index contributed by atoms with van der Waals surface area (Å²) in [5.74, 6) is -0.965. The lowest BCUT2D eigenvalue weighted by molar-refractivity contribution is 0.509. The Hall–Kier alpha value is -1.89. The van der Waals surface area contributed by atoms with Crippen LogP contribution in [0.3, 0.4) is 0 Å². The van der Waals surface area contributed by atoms with Gasteiger partial charge in [0, 0.05) is 0 Å². The van der Waals surface area contributed by atoms with Crippen molar-refractivity contribution in [2.24, 2.45) is 0 Å². The van der Waals surface area contributed by atoms with Gasteiger partial charge in [0.15, 0.2) is 17.5 Å². The highest BCUT2D eigenvalue weighted by Gasteiger charge is 2.21. The summed E-state index contributed by atoms with van der Waals surface area (Å²) in [7, 11) is 0. The van der Waals surface area contributed by atoms with Crippen LogP contribution >= 0.6 is 0 Å². The predicted octanol–water partition coefficient (Wildman–Crippen LogP) is 2.31. The minimum atomic E-state index is -0.690. The van der Waals surface area contributed by atoms with Crippen LogP contribution in [0.1, 0.15) is 37.7 Å². The Balaban J connectivity index is 2.45. The topological polar surface area (TPSA) is 55.6 Å². The van der Waals surface area contributed by atoms with E-state index in [1.807, 2.05) is 13.8 Å². The van der Waals surface area contributed by atoms with E-state index in [-0.39, 0.29) is 11.7 Å². The molecule has 1 atom stereocenters. The highest BCUT2D eigenvalue weighted by atomic mass is 19.1. The Morgan fingerprint density at radius 1 is 1.35 bits per heavy atom. The average molecular weight is 281 g/mol. The lowest BCUT2D eigenvalue weighted by Gasteiger charge is -2.14. The van der Waals surface area contributed by atoms with E-state index in [4.69, 9.17) is 0 Å². The molecule has 0 radical (unpaired) electrons. The molecule has 1 unspecified atom stereocenters. The van der Waals surface area contributed by atoms with E-state index in [9.17, 15) is 8.78 Å². The molecule has 1 aromatic carbocycles. The SMILES string of the molecule is CCCNC(C)c1nnnn1-c1c(F)ccc(C)c1F. The highest BCUT2D eigenvalue weighted by Crippen LogP contribution is 2.22. The number of benzene rings is 1. The van der Waals surface area contributed by atoms with Gasteiger partial charge in [-0.3, -0.25) is 0 Å². The van der Waals surface area contributed by atoms with Gasteiger partial charge in [0.25, 0.3) is 0 Å². The lowest BCUT2D eigenvalue weighted by Crippen LogP contribution is -2.23. The number of halogens is 2. The summed E-state index contributed by atoms with van der Waals surface area (Å²) in [6, 6.07) is 2.39. The fourth-order valence-corrected chi connectivity index (χ4v) is 1.91. The normalized spacial score (nSPS) is 12.7. The van der Waals surface area contributed by atoms with Gasteiger partial charge in [0.1, 0.15) is 5.69 Å². The number of hydrogen-bond acceptors (Lipinski definition) is 4. The van der Waals surface area contributed by atoms with E-state index in [1.165, 1.54) is 12.1 Å². The van der Waals surface area contributed by atoms with Gasteiger partial charge in [-0.15, -0.1) is 5.10 Å². The third kappa shape index (κ3) is 2.67. The van der Waals surface area contributed by atoms with Crippen LogP contribution in [-0.2, 0) is 0 Å². The van der Waals surface area contributed by atoms with Crippen LogP contribution in [0.15, 0.2) is 12.1 Å². The van der Waals surface area contributed by atoms with Gasteiger partial charge in [-0.05, 0) is 48.9 Å². The Kier molecular flexibility index (Phi) is 4.39. The predicted molar refractivity (Wildman–Crippen MR) is 70.5 cm³/mol. The van der Waals surface area contributed by atoms with Crippen molar-refractivity contribution >= 4 is 0 Å². The second-order valence-electron chi connectivity index (χ2n) is 4.65. The Labute approximate surface area is 116 Å². The number of rotatable bonds is 5. The smallest absolute Gasteiger partial charge is 0.173 e. The molecule has 1 N–H and O–H groups in total. The minimum absolute atomic E-state index is 0.204. The Bertz CT molecular complexity index is 596. The molecule has 108 valence electrons. The van der Waals surface area contributed by atoms with Crippen molar-refractivity contribution in [2.45, 2.75) is 33.2 Å². The molecule has 2 rings (SSSR count). The molecule has 0 saturated heterocycles. The van der Waals surface area contributed by atoms with Crippen molar-refractivity contribution in [3.63, 3.8) is 0 Å². The number of aromatic nitrogens is 4. The molecular weight excluding hydrogens is 264 g/mol. The molecule has 7 heteroatoms. The fraction of sp³-hybridized carbons (Fsp3) is 0.462. The Morgan fingerprint density at radius 3 is 2.80 bits per heavy atom. The molecule has 0 amide bonds. The van der Waals surface area contributed by atoms with Crippen molar-refractivity contribution in [2.75, 3.05) is 6.54 Å². The van der Waals surface area contributed by atoms with E-state index in [0.717, 1.165) is 17.6 Å². The maximum absolute atomic E-state index is 14.1. The molecule has 2 aromatic rings. The number of nitrogens with one attached hydrogen (secondary N) is 1. The van der Waals surface area contributed by atoms with Crippen molar-refractivity contribution in [3.8, 4) is 5.69 Å². The van der Waals surface area contributed by atoms with Crippen LogP contribution in [0.25, 0.3) is 5.69 Å². The molecule has 0 aliphatic heterocycles. The third-order valence-electron chi connectivity index (χ3n) is 3.05. The summed E-state index contributed by atoms with van der Waals surface area (Å²) in [5.41, 5.74) is 0.104. The molecule has 0 aliphatic rings. The maximum Gasteiger partial charge on any atom is 0.173 e. The molecule has 0 spiro atoms. The molecule has 1 aromatic heterocycles. The second kappa shape index (κ2) is 6.04. The number of nitrogens with zero attached hydrogens (tertiary/aromatic N) is 4. The largest absolute Gasteiger partial charge is 0.307 e. The summed E-state index contributed by atoms with van der Waals surface area (Å²) in [6.45, 7) is 6.22. The van der Waals surface area contributed by atoms with Crippen LogP contribution < -0.4 is 5.32 Å². The summed E-state index contributed by atoms with van der Waals surface area (Å²) in [5, 5.41) is 14.3. The van der Waals surface area contributed by atoms with E-state index >= 15 is 0 Å². The molecule has 20 heavy (non-hydrogen) atoms. The number of tetrazole rings is 1. The molecule has 0 aliphatic carbocycles. The van der Waals surface area contributed by atoms with Crippen LogP contribution in [0.2, 0.25) is 0 Å². The average Bonchev–Trinajstić information content (AvgIpc) is 2.90. The second-order valence-corrected chi connectivity index (χ2v) is 4.65. The first-order valence-corrected chi connectivity index (χ1v) is 6.52. The first-order valence-electron chi connectivity index (χ1n) is 6.52. The van der Waals surface area contributed by atoms with Crippen molar-refractivity contribution < 1.29 is 8.78 Å². The van der Waals surface area contributed by atoms with Crippen molar-refractivity contribution in [3.05, 3.63) is 35.2 Å². The maximum atomic E-state index is 14.1. The summed E-state index contributed by atoms with van der Waals surface area (Å²) >= 11 is 0. The zero-order chi connectivity index (χ0) is 14.7. The standard InChI is InChI=1S/C13H17F2N5/c1-4-7-16-9(3)13-17-18-19-20(13)12-10(14)6-5-8(2)11(12)15/h5-6,9,16H,4,7H2,1-3H3. The highest BCUT2D eigenvalue weighted by molar-refractivity contribution is 5.39. The van der Waals surface area contributed by atoms with Crippen LogP contribution in [0, 0.1) is 18.6 Å². The van der Waals surface area contributed by atoms with Gasteiger partial charge in [0.05, 0.1) is 6.04 Å². The zero-order valence-electron chi connectivity index (χ0n) is 11.7. The lowest BCUT2D eigenvalue weighted by atomic mass is 10.2. The van der Waals surface area contributed by atoms with Gasteiger partial charge < -0.3 is 5.32 Å². The summed E-state index contributed by atoms with van der Waals surface area (Å²) in [6.07, 6.45) is 0.944. The van der Waals surface area contributed by atoms with Gasteiger partial charge in [-0.25, -0.2) is 8.78 Å². The van der Waals surface area contributed by atoms with Gasteiger partial charge in [-0.1, -0.05) is 13.0 Å². The Morgan fingerprint density at radius 2 is 2.10 bits per heavy atom. The first-order chi connectivity index (χ1) is 9.56. The van der Waals surface area contributed by atoms with E-state index in [2.05, 4.69) is 20.8 Å². The monoisotopic (exact) mass is 281 g/mol. The minimum Gasteiger partial charge on any atom is -0.307 e. The van der Waals surface area contributed by atoms with Crippen LogP contribution in [0.4, 0.5) is 8.78 Å². The fourth-order valence-electron chi connectivity index (χ4n) is 1.91. The summed E-state index contributed by atoms with van der Waals surface area (Å²) in [4.78, 5) is 0. The van der Waals surface area contributed by atoms with Crippen LogP contribution in [-0.4, -0.2) is 26.8 Å². The molecule has 1 heterocycles. The van der Waals surface area contributed by atoms with E-state index in [1.54, 1.807) is 6.92 Å².